The van der Waals surface area contributed by atoms with E-state index in [1.54, 1.807) is 0 Å². The van der Waals surface area contributed by atoms with Crippen LogP contribution in [0.15, 0.2) is 73.1 Å². The molecule has 10 nitrogen and oxygen atoms in total. The van der Waals surface area contributed by atoms with Gasteiger partial charge < -0.3 is 19.5 Å². The number of hydrogen-bond acceptors (Lipinski definition) is 10. The Morgan fingerprint density at radius 2 is 1.11 bits per heavy atom. The maximum absolute atomic E-state index is 10.0. The van der Waals surface area contributed by atoms with Crippen molar-refractivity contribution in [3.05, 3.63) is 128 Å². The molecule has 0 radical (unpaired) electrons. The number of aromatic nitrogens is 2. The van der Waals surface area contributed by atoms with Crippen LogP contribution in [0.2, 0.25) is 16.9 Å². The summed E-state index contributed by atoms with van der Waals surface area (Å²) in [6.45, 7) is 17.3. The SMILES string of the molecule is CB(O)N1CCN(C2c3ccc(Cl)cc3C(CN3CCOCC3)=Cc3cccnc32)CC1.CN1CCN(C2c3ccc(Cl)cc3C(CN3CCCCC3)=Cc3cccnc32)CC1. The van der Waals surface area contributed by atoms with Crippen molar-refractivity contribution in [2.45, 2.75) is 38.2 Å². The molecule has 4 aromatic rings. The summed E-state index contributed by atoms with van der Waals surface area (Å²) < 4.78 is 5.56. The van der Waals surface area contributed by atoms with E-state index in [4.69, 9.17) is 37.9 Å². The Morgan fingerprint density at radius 1 is 0.629 bits per heavy atom. The first-order valence-electron chi connectivity index (χ1n) is 22.8. The van der Waals surface area contributed by atoms with Crippen molar-refractivity contribution < 1.29 is 9.76 Å². The van der Waals surface area contributed by atoms with Gasteiger partial charge in [-0.05, 0) is 133 Å². The number of piperidine rings is 1. The molecule has 2 aromatic heterocycles. The minimum atomic E-state index is -0.412. The summed E-state index contributed by atoms with van der Waals surface area (Å²) >= 11 is 13.0. The zero-order valence-electron chi connectivity index (χ0n) is 36.4. The molecule has 4 saturated heterocycles. The Labute approximate surface area is 378 Å². The topological polar surface area (TPSA) is 74.7 Å². The van der Waals surface area contributed by atoms with Gasteiger partial charge in [0.05, 0.1) is 36.7 Å². The highest BCUT2D eigenvalue weighted by atomic mass is 35.5. The van der Waals surface area contributed by atoms with Crippen LogP contribution in [0.3, 0.4) is 0 Å². The number of halogens is 2. The summed E-state index contributed by atoms with van der Waals surface area (Å²) in [5, 5.41) is 11.6. The number of pyridine rings is 2. The molecule has 10 rings (SSSR count). The molecule has 2 unspecified atom stereocenters. The molecule has 0 spiro atoms. The quantitative estimate of drug-likeness (QED) is 0.194. The van der Waals surface area contributed by atoms with Gasteiger partial charge in [-0.3, -0.25) is 29.6 Å². The van der Waals surface area contributed by atoms with E-state index in [-0.39, 0.29) is 12.1 Å². The van der Waals surface area contributed by atoms with Gasteiger partial charge in [-0.25, -0.2) is 0 Å². The fourth-order valence-corrected chi connectivity index (χ4v) is 10.6. The Bertz CT molecular complexity index is 2230. The highest BCUT2D eigenvalue weighted by Crippen LogP contribution is 2.42. The van der Waals surface area contributed by atoms with Gasteiger partial charge >= 0.3 is 7.05 Å². The molecule has 0 bridgehead atoms. The van der Waals surface area contributed by atoms with Gasteiger partial charge in [0.15, 0.2) is 0 Å². The Kier molecular flexibility index (Phi) is 14.2. The maximum atomic E-state index is 10.0. The zero-order valence-corrected chi connectivity index (χ0v) is 38.0. The van der Waals surface area contributed by atoms with Gasteiger partial charge in [-0.1, -0.05) is 53.9 Å². The average molecular weight is 876 g/mol. The third-order valence-corrected chi connectivity index (χ3v) is 14.2. The second kappa shape index (κ2) is 20.2. The third kappa shape index (κ3) is 9.93. The lowest BCUT2D eigenvalue weighted by atomic mass is 9.84. The molecule has 0 saturated carbocycles. The molecular formula is C49H61BCl2N8O2. The van der Waals surface area contributed by atoms with Crippen LogP contribution in [-0.2, 0) is 4.74 Å². The van der Waals surface area contributed by atoms with Crippen LogP contribution >= 0.6 is 23.2 Å². The van der Waals surface area contributed by atoms with Crippen LogP contribution in [0.25, 0.3) is 23.3 Å². The van der Waals surface area contributed by atoms with E-state index in [1.165, 1.54) is 82.6 Å². The largest absolute Gasteiger partial charge is 0.437 e. The molecule has 2 atom stereocenters. The lowest BCUT2D eigenvalue weighted by Crippen LogP contribution is -2.52. The van der Waals surface area contributed by atoms with Gasteiger partial charge in [0.1, 0.15) is 0 Å². The third-order valence-electron chi connectivity index (χ3n) is 13.7. The molecule has 62 heavy (non-hydrogen) atoms. The number of ether oxygens (including phenoxy) is 1. The monoisotopic (exact) mass is 874 g/mol. The average Bonchev–Trinajstić information content (AvgIpc) is 3.51. The standard InChI is InChI=1S/C25H31ClN4.C24H30BClN4O2/c1-28-12-14-30(15-13-28)25-22-8-7-21(26)17-23(22)20(18-29-10-3-2-4-11-29)16-19-6-5-9-27-24(19)25;1-25(31)30-9-7-29(8-10-30)24-21-5-4-20(26)16-22(21)19(17-28-11-13-32-14-12-28)15-18-3-2-6-27-23(18)24/h5-9,16-17,25H,2-4,10-15,18H2,1H3;2-6,15-16,24,31H,7-14,17H2,1H3. The molecule has 13 heteroatoms. The minimum Gasteiger partial charge on any atom is -0.437 e. The first-order valence-corrected chi connectivity index (χ1v) is 23.6. The Hall–Kier alpha value is -3.46. The summed E-state index contributed by atoms with van der Waals surface area (Å²) in [6, 6.07) is 21.5. The number of piperazine rings is 2. The number of morpholine rings is 1. The van der Waals surface area contributed by atoms with Crippen molar-refractivity contribution in [3.8, 4) is 0 Å². The van der Waals surface area contributed by atoms with Crippen molar-refractivity contribution in [3.63, 3.8) is 0 Å². The van der Waals surface area contributed by atoms with Gasteiger partial charge in [-0.15, -0.1) is 0 Å². The summed E-state index contributed by atoms with van der Waals surface area (Å²) in [6.07, 6.45) is 12.5. The number of hydrogen-bond donors (Lipinski definition) is 1. The van der Waals surface area contributed by atoms with Crippen molar-refractivity contribution in [2.75, 3.05) is 112 Å². The fraction of sp³-hybridized carbons (Fsp3) is 0.469. The molecule has 0 amide bonds. The summed E-state index contributed by atoms with van der Waals surface area (Å²) in [4.78, 5) is 24.5. The lowest BCUT2D eigenvalue weighted by Gasteiger charge is -2.40. The number of rotatable bonds is 7. The van der Waals surface area contributed by atoms with E-state index in [2.05, 4.69) is 97.0 Å². The summed E-state index contributed by atoms with van der Waals surface area (Å²) in [5.74, 6) is 0. The van der Waals surface area contributed by atoms with Gasteiger partial charge in [0, 0.05) is 101 Å². The Morgan fingerprint density at radius 3 is 1.61 bits per heavy atom. The molecule has 2 aromatic carbocycles. The minimum absolute atomic E-state index is 0.0630. The fourth-order valence-electron chi connectivity index (χ4n) is 10.3. The lowest BCUT2D eigenvalue weighted by molar-refractivity contribution is 0.0444. The van der Waals surface area contributed by atoms with Gasteiger partial charge in [0.2, 0.25) is 0 Å². The molecule has 6 aliphatic rings. The van der Waals surface area contributed by atoms with Gasteiger partial charge in [0.25, 0.3) is 0 Å². The number of nitrogens with zero attached hydrogens (tertiary/aromatic N) is 8. The van der Waals surface area contributed by atoms with E-state index in [1.807, 2.05) is 31.3 Å². The molecule has 4 aliphatic heterocycles. The van der Waals surface area contributed by atoms with E-state index in [9.17, 15) is 5.02 Å². The number of likely N-dealkylation sites (N-methyl/N-ethyl adjacent to an activating group) is 1. The number of benzene rings is 2. The van der Waals surface area contributed by atoms with Crippen molar-refractivity contribution in [2.24, 2.45) is 0 Å². The zero-order chi connectivity index (χ0) is 42.6. The van der Waals surface area contributed by atoms with Crippen LogP contribution in [0.1, 0.15) is 76.1 Å². The molecular weight excluding hydrogens is 814 g/mol. The predicted molar refractivity (Wildman–Crippen MR) is 254 cm³/mol. The summed E-state index contributed by atoms with van der Waals surface area (Å²) in [7, 11) is 1.80. The predicted octanol–water partition coefficient (Wildman–Crippen LogP) is 7.15. The molecule has 6 heterocycles. The second-order valence-electron chi connectivity index (χ2n) is 17.8. The number of likely N-dealkylation sites (tertiary alicyclic amines) is 1. The van der Waals surface area contributed by atoms with E-state index >= 15 is 0 Å². The molecule has 2 aliphatic carbocycles. The van der Waals surface area contributed by atoms with Gasteiger partial charge in [-0.2, -0.15) is 0 Å². The van der Waals surface area contributed by atoms with Crippen LogP contribution in [-0.4, -0.2) is 163 Å². The molecule has 1 N–H and O–H groups in total. The summed E-state index contributed by atoms with van der Waals surface area (Å²) in [5.41, 5.74) is 12.5. The van der Waals surface area contributed by atoms with Crippen LogP contribution in [0.4, 0.5) is 0 Å². The van der Waals surface area contributed by atoms with Crippen molar-refractivity contribution in [1.82, 2.24) is 39.3 Å². The highest BCUT2D eigenvalue weighted by molar-refractivity contribution is 6.45. The smallest absolute Gasteiger partial charge is 0.376 e. The highest BCUT2D eigenvalue weighted by Gasteiger charge is 2.35. The Balaban J connectivity index is 0.000000158. The second-order valence-corrected chi connectivity index (χ2v) is 18.7. The van der Waals surface area contributed by atoms with Crippen molar-refractivity contribution in [1.29, 1.82) is 0 Å². The van der Waals surface area contributed by atoms with Crippen LogP contribution < -0.4 is 0 Å². The molecule has 326 valence electrons. The maximum Gasteiger partial charge on any atom is 0.376 e. The first-order chi connectivity index (χ1) is 30.3. The van der Waals surface area contributed by atoms with E-state index in [0.29, 0.717) is 0 Å². The van der Waals surface area contributed by atoms with Crippen LogP contribution in [0.5, 0.6) is 0 Å². The van der Waals surface area contributed by atoms with Crippen LogP contribution in [0, 0.1) is 0 Å². The normalized spacial score (nSPS) is 23.0. The van der Waals surface area contributed by atoms with E-state index < -0.39 is 7.05 Å². The first kappa shape index (κ1) is 43.8. The number of fused-ring (bicyclic) bond motifs is 4. The van der Waals surface area contributed by atoms with E-state index in [0.717, 1.165) is 107 Å². The van der Waals surface area contributed by atoms with Crippen molar-refractivity contribution >= 4 is 53.6 Å². The molecule has 4 fully saturated rings.